The maximum absolute atomic E-state index is 5.60. The van der Waals surface area contributed by atoms with E-state index in [1.807, 2.05) is 6.07 Å². The number of nitrogens with zero attached hydrogens (tertiary/aromatic N) is 2. The van der Waals surface area contributed by atoms with Gasteiger partial charge in [-0.2, -0.15) is 0 Å². The second-order valence-corrected chi connectivity index (χ2v) is 6.36. The molecule has 0 amide bonds. The van der Waals surface area contributed by atoms with E-state index in [1.54, 1.807) is 38.2 Å². The van der Waals surface area contributed by atoms with Crippen molar-refractivity contribution < 1.29 is 14.2 Å². The molecule has 124 valence electrons. The van der Waals surface area contributed by atoms with Gasteiger partial charge in [-0.25, -0.2) is 4.98 Å². The number of hydrogen-bond donors (Lipinski definition) is 1. The first-order valence-corrected chi connectivity index (χ1v) is 8.61. The quantitative estimate of drug-likeness (QED) is 0.718. The summed E-state index contributed by atoms with van der Waals surface area (Å²) in [6.45, 7) is 0.755. The van der Waals surface area contributed by atoms with Crippen molar-refractivity contribution in [2.45, 2.75) is 17.3 Å². The van der Waals surface area contributed by atoms with Crippen LogP contribution in [0.15, 0.2) is 29.6 Å². The normalized spacial score (nSPS) is 12.9. The number of ether oxygens (including phenoxy) is 3. The molecule has 2 aromatic heterocycles. The molecule has 1 aromatic carbocycles. The number of pyridine rings is 1. The van der Waals surface area contributed by atoms with Gasteiger partial charge in [0.05, 0.1) is 37.6 Å². The predicted molar refractivity (Wildman–Crippen MR) is 92.2 cm³/mol. The van der Waals surface area contributed by atoms with E-state index in [2.05, 4.69) is 21.0 Å². The van der Waals surface area contributed by atoms with Crippen LogP contribution in [0.2, 0.25) is 0 Å². The van der Waals surface area contributed by atoms with Crippen molar-refractivity contribution in [1.29, 1.82) is 0 Å². The molecule has 4 rings (SSSR count). The molecule has 6 nitrogen and oxygen atoms in total. The standard InChI is InChI=1S/C17H17N3O3S/c1-21-14-3-5-18-13(16(14)22-2)9-24-17-19-11-7-10-4-6-23-15(10)8-12(11)20-17/h3,5,7-8H,4,6,9H2,1-2H3,(H,19,20). The fourth-order valence-corrected chi connectivity index (χ4v) is 3.64. The van der Waals surface area contributed by atoms with Gasteiger partial charge in [-0.05, 0) is 11.6 Å². The minimum absolute atomic E-state index is 0.635. The third-order valence-corrected chi connectivity index (χ3v) is 4.87. The van der Waals surface area contributed by atoms with Crippen LogP contribution in [0.5, 0.6) is 17.2 Å². The minimum atomic E-state index is 0.635. The van der Waals surface area contributed by atoms with Crippen molar-refractivity contribution in [3.8, 4) is 17.2 Å². The lowest BCUT2D eigenvalue weighted by atomic mass is 10.1. The molecule has 0 atom stereocenters. The average molecular weight is 343 g/mol. The Hall–Kier alpha value is -2.41. The summed E-state index contributed by atoms with van der Waals surface area (Å²) in [5, 5.41) is 0.848. The SMILES string of the molecule is COc1ccnc(CSc2nc3cc4c(cc3[nH]2)CCO4)c1OC. The predicted octanol–water partition coefficient (Wildman–Crippen LogP) is 3.20. The fraction of sp³-hybridized carbons (Fsp3) is 0.294. The van der Waals surface area contributed by atoms with E-state index in [0.717, 1.165) is 40.7 Å². The lowest BCUT2D eigenvalue weighted by molar-refractivity contribution is 0.350. The number of thioether (sulfide) groups is 1. The number of aromatic nitrogens is 3. The Kier molecular flexibility index (Phi) is 3.93. The monoisotopic (exact) mass is 343 g/mol. The largest absolute Gasteiger partial charge is 0.493 e. The van der Waals surface area contributed by atoms with E-state index in [0.29, 0.717) is 17.3 Å². The van der Waals surface area contributed by atoms with Gasteiger partial charge in [-0.3, -0.25) is 4.98 Å². The highest BCUT2D eigenvalue weighted by Crippen LogP contribution is 2.34. The molecule has 1 aliphatic heterocycles. The van der Waals surface area contributed by atoms with Gasteiger partial charge in [0.25, 0.3) is 0 Å². The molecule has 1 aliphatic rings. The molecule has 0 spiro atoms. The first-order chi connectivity index (χ1) is 11.8. The molecule has 0 saturated heterocycles. The molecule has 3 aromatic rings. The molecule has 7 heteroatoms. The average Bonchev–Trinajstić information content (AvgIpc) is 3.22. The zero-order chi connectivity index (χ0) is 16.5. The van der Waals surface area contributed by atoms with Crippen LogP contribution in [-0.2, 0) is 12.2 Å². The Morgan fingerprint density at radius 1 is 1.29 bits per heavy atom. The lowest BCUT2D eigenvalue weighted by Crippen LogP contribution is -1.97. The number of imidazole rings is 1. The van der Waals surface area contributed by atoms with Gasteiger partial charge in [0, 0.05) is 30.5 Å². The number of H-pyrrole nitrogens is 1. The van der Waals surface area contributed by atoms with Gasteiger partial charge in [0.1, 0.15) is 5.75 Å². The molecule has 0 saturated carbocycles. The highest BCUT2D eigenvalue weighted by molar-refractivity contribution is 7.98. The summed E-state index contributed by atoms with van der Waals surface area (Å²) in [5.41, 5.74) is 4.02. The van der Waals surface area contributed by atoms with E-state index in [4.69, 9.17) is 14.2 Å². The summed E-state index contributed by atoms with van der Waals surface area (Å²) < 4.78 is 16.3. The summed E-state index contributed by atoms with van der Waals surface area (Å²) in [7, 11) is 3.24. The second kappa shape index (κ2) is 6.24. The summed E-state index contributed by atoms with van der Waals surface area (Å²) >= 11 is 1.58. The summed E-state index contributed by atoms with van der Waals surface area (Å²) in [6, 6.07) is 5.91. The number of rotatable bonds is 5. The summed E-state index contributed by atoms with van der Waals surface area (Å²) in [4.78, 5) is 12.4. The van der Waals surface area contributed by atoms with Gasteiger partial charge in [0.2, 0.25) is 0 Å². The first-order valence-electron chi connectivity index (χ1n) is 7.62. The van der Waals surface area contributed by atoms with Gasteiger partial charge in [0.15, 0.2) is 16.7 Å². The number of aromatic amines is 1. The maximum atomic E-state index is 5.60. The number of nitrogens with one attached hydrogen (secondary N) is 1. The Morgan fingerprint density at radius 2 is 2.21 bits per heavy atom. The maximum Gasteiger partial charge on any atom is 0.183 e. The van der Waals surface area contributed by atoms with Crippen LogP contribution in [-0.4, -0.2) is 35.8 Å². The molecule has 0 fully saturated rings. The zero-order valence-electron chi connectivity index (χ0n) is 13.5. The van der Waals surface area contributed by atoms with Crippen molar-refractivity contribution in [2.24, 2.45) is 0 Å². The van der Waals surface area contributed by atoms with Crippen LogP contribution in [0.1, 0.15) is 11.3 Å². The molecule has 0 aliphatic carbocycles. The highest BCUT2D eigenvalue weighted by atomic mass is 32.2. The van der Waals surface area contributed by atoms with Crippen LogP contribution in [0.25, 0.3) is 11.0 Å². The Morgan fingerprint density at radius 3 is 3.04 bits per heavy atom. The van der Waals surface area contributed by atoms with Crippen LogP contribution in [0.3, 0.4) is 0 Å². The molecular formula is C17H17N3O3S. The third-order valence-electron chi connectivity index (χ3n) is 3.98. The van der Waals surface area contributed by atoms with Crippen LogP contribution >= 0.6 is 11.8 Å². The van der Waals surface area contributed by atoms with E-state index >= 15 is 0 Å². The molecule has 1 N–H and O–H groups in total. The number of methoxy groups -OCH3 is 2. The van der Waals surface area contributed by atoms with Crippen molar-refractivity contribution in [3.05, 3.63) is 35.7 Å². The molecule has 3 heterocycles. The van der Waals surface area contributed by atoms with E-state index in [9.17, 15) is 0 Å². The number of fused-ring (bicyclic) bond motifs is 2. The number of benzene rings is 1. The Bertz CT molecular complexity index is 853. The Labute approximate surface area is 143 Å². The molecule has 24 heavy (non-hydrogen) atoms. The van der Waals surface area contributed by atoms with Crippen molar-refractivity contribution in [1.82, 2.24) is 15.0 Å². The molecule has 0 radical (unpaired) electrons. The van der Waals surface area contributed by atoms with Crippen LogP contribution in [0.4, 0.5) is 0 Å². The van der Waals surface area contributed by atoms with E-state index < -0.39 is 0 Å². The Balaban J connectivity index is 1.57. The molecule has 0 bridgehead atoms. The van der Waals surface area contributed by atoms with Crippen LogP contribution < -0.4 is 14.2 Å². The van der Waals surface area contributed by atoms with Gasteiger partial charge >= 0.3 is 0 Å². The number of hydrogen-bond acceptors (Lipinski definition) is 6. The molecule has 0 unspecified atom stereocenters. The van der Waals surface area contributed by atoms with E-state index in [1.165, 1.54) is 5.56 Å². The molecular weight excluding hydrogens is 326 g/mol. The van der Waals surface area contributed by atoms with Crippen molar-refractivity contribution in [2.75, 3.05) is 20.8 Å². The first kappa shape index (κ1) is 15.1. The fourth-order valence-electron chi connectivity index (χ4n) is 2.82. The topological polar surface area (TPSA) is 69.3 Å². The minimum Gasteiger partial charge on any atom is -0.493 e. The highest BCUT2D eigenvalue weighted by Gasteiger charge is 2.16. The third kappa shape index (κ3) is 2.65. The van der Waals surface area contributed by atoms with Crippen molar-refractivity contribution in [3.63, 3.8) is 0 Å². The second-order valence-electron chi connectivity index (χ2n) is 5.40. The van der Waals surface area contributed by atoms with E-state index in [-0.39, 0.29) is 0 Å². The van der Waals surface area contributed by atoms with Crippen LogP contribution in [0, 0.1) is 0 Å². The summed E-state index contributed by atoms with van der Waals surface area (Å²) in [5.74, 6) is 2.93. The lowest BCUT2D eigenvalue weighted by Gasteiger charge is -2.10. The van der Waals surface area contributed by atoms with Gasteiger partial charge < -0.3 is 19.2 Å². The van der Waals surface area contributed by atoms with Gasteiger partial charge in [-0.15, -0.1) is 0 Å². The van der Waals surface area contributed by atoms with Gasteiger partial charge in [-0.1, -0.05) is 11.8 Å². The summed E-state index contributed by atoms with van der Waals surface area (Å²) in [6.07, 6.45) is 2.68. The van der Waals surface area contributed by atoms with Crippen molar-refractivity contribution >= 4 is 22.8 Å². The zero-order valence-corrected chi connectivity index (χ0v) is 14.3. The smallest absolute Gasteiger partial charge is 0.183 e.